The normalized spacial score (nSPS) is 11.7. The monoisotopic (exact) mass is 394 g/mol. The number of aromatic nitrogens is 2. The van der Waals surface area contributed by atoms with Crippen LogP contribution in [0.3, 0.4) is 0 Å². The van der Waals surface area contributed by atoms with Crippen molar-refractivity contribution in [1.29, 1.82) is 0 Å². The van der Waals surface area contributed by atoms with Gasteiger partial charge in [-0.25, -0.2) is 4.68 Å². The molecule has 0 aliphatic rings. The molecule has 1 unspecified atom stereocenters. The van der Waals surface area contributed by atoms with Crippen molar-refractivity contribution in [3.63, 3.8) is 0 Å². The fourth-order valence-electron chi connectivity index (χ4n) is 2.78. The second-order valence-electron chi connectivity index (χ2n) is 6.61. The standard InChI is InChI=1S/C21H22N4O4/c1-4-14(2)22-21(26)20-13-19(15-8-10-18(29-3)11-9-15)23-24(20)16-6-5-7-17(12-16)25(27)28/h5-14H,4H2,1-3H3,(H,22,26). The van der Waals surface area contributed by atoms with E-state index in [1.165, 1.54) is 16.8 Å². The SMILES string of the molecule is CCC(C)NC(=O)c1cc(-c2ccc(OC)cc2)nn1-c1cccc([N+](=O)[O-])c1. The van der Waals surface area contributed by atoms with Gasteiger partial charge >= 0.3 is 0 Å². The third-order valence-corrected chi connectivity index (χ3v) is 4.60. The van der Waals surface area contributed by atoms with Gasteiger partial charge in [-0.1, -0.05) is 13.0 Å². The Kier molecular flexibility index (Phi) is 5.92. The Bertz CT molecular complexity index is 1030. The predicted octanol–water partition coefficient (Wildman–Crippen LogP) is 3.98. The molecular formula is C21H22N4O4. The molecule has 0 aliphatic carbocycles. The Labute approximate surface area is 168 Å². The summed E-state index contributed by atoms with van der Waals surface area (Å²) in [5, 5.41) is 18.6. The third-order valence-electron chi connectivity index (χ3n) is 4.60. The zero-order chi connectivity index (χ0) is 21.0. The number of non-ortho nitro benzene ring substituents is 1. The van der Waals surface area contributed by atoms with E-state index in [2.05, 4.69) is 10.4 Å². The smallest absolute Gasteiger partial charge is 0.271 e. The number of hydrogen-bond donors (Lipinski definition) is 1. The number of rotatable bonds is 7. The van der Waals surface area contributed by atoms with E-state index in [-0.39, 0.29) is 17.6 Å². The average Bonchev–Trinajstić information content (AvgIpc) is 3.19. The molecule has 1 atom stereocenters. The van der Waals surface area contributed by atoms with Gasteiger partial charge in [-0.15, -0.1) is 0 Å². The summed E-state index contributed by atoms with van der Waals surface area (Å²) in [5.41, 5.74) is 2.04. The molecule has 2 aromatic carbocycles. The molecule has 3 rings (SSSR count). The first-order chi connectivity index (χ1) is 13.9. The number of benzene rings is 2. The van der Waals surface area contributed by atoms with Gasteiger partial charge in [-0.05, 0) is 49.7 Å². The van der Waals surface area contributed by atoms with Crippen LogP contribution < -0.4 is 10.1 Å². The van der Waals surface area contributed by atoms with Crippen molar-refractivity contribution in [2.24, 2.45) is 0 Å². The average molecular weight is 394 g/mol. The fraction of sp³-hybridized carbons (Fsp3) is 0.238. The number of nitro benzene ring substituents is 1. The van der Waals surface area contributed by atoms with Gasteiger partial charge in [0.1, 0.15) is 11.4 Å². The molecule has 0 bridgehead atoms. The molecule has 0 spiro atoms. The van der Waals surface area contributed by atoms with Gasteiger partial charge in [0.2, 0.25) is 0 Å². The molecule has 1 aromatic heterocycles. The summed E-state index contributed by atoms with van der Waals surface area (Å²) in [6.07, 6.45) is 0.780. The highest BCUT2D eigenvalue weighted by molar-refractivity contribution is 5.94. The third kappa shape index (κ3) is 4.43. The highest BCUT2D eigenvalue weighted by Crippen LogP contribution is 2.25. The Morgan fingerprint density at radius 1 is 1.24 bits per heavy atom. The molecule has 0 saturated carbocycles. The van der Waals surface area contributed by atoms with Crippen molar-refractivity contribution in [2.75, 3.05) is 7.11 Å². The maximum atomic E-state index is 12.8. The minimum absolute atomic E-state index is 0.0135. The number of carbonyl (C=O) groups excluding carboxylic acids is 1. The van der Waals surface area contributed by atoms with Gasteiger partial charge in [0.15, 0.2) is 0 Å². The van der Waals surface area contributed by atoms with Crippen LogP contribution in [0.2, 0.25) is 0 Å². The van der Waals surface area contributed by atoms with Crippen LogP contribution in [-0.2, 0) is 0 Å². The fourth-order valence-corrected chi connectivity index (χ4v) is 2.78. The first-order valence-corrected chi connectivity index (χ1v) is 9.23. The first kappa shape index (κ1) is 20.1. The number of amides is 1. The molecule has 0 saturated heterocycles. The van der Waals surface area contributed by atoms with E-state index in [1.807, 2.05) is 26.0 Å². The van der Waals surface area contributed by atoms with E-state index in [0.29, 0.717) is 22.8 Å². The van der Waals surface area contributed by atoms with Crippen LogP contribution in [-0.4, -0.2) is 33.8 Å². The maximum absolute atomic E-state index is 12.8. The van der Waals surface area contributed by atoms with E-state index >= 15 is 0 Å². The largest absolute Gasteiger partial charge is 0.497 e. The second-order valence-corrected chi connectivity index (χ2v) is 6.61. The van der Waals surface area contributed by atoms with E-state index in [4.69, 9.17) is 4.74 Å². The maximum Gasteiger partial charge on any atom is 0.271 e. The predicted molar refractivity (Wildman–Crippen MR) is 109 cm³/mol. The number of nitrogens with one attached hydrogen (secondary N) is 1. The zero-order valence-electron chi connectivity index (χ0n) is 16.5. The van der Waals surface area contributed by atoms with Crippen molar-refractivity contribution in [3.05, 3.63) is 70.4 Å². The lowest BCUT2D eigenvalue weighted by Gasteiger charge is -2.12. The molecule has 8 nitrogen and oxygen atoms in total. The van der Waals surface area contributed by atoms with Crippen molar-refractivity contribution in [3.8, 4) is 22.7 Å². The number of nitro groups is 1. The molecule has 0 fully saturated rings. The highest BCUT2D eigenvalue weighted by Gasteiger charge is 2.20. The van der Waals surface area contributed by atoms with E-state index < -0.39 is 4.92 Å². The molecule has 1 amide bonds. The van der Waals surface area contributed by atoms with Crippen LogP contribution in [0.25, 0.3) is 16.9 Å². The summed E-state index contributed by atoms with van der Waals surface area (Å²) in [6, 6.07) is 15.0. The topological polar surface area (TPSA) is 99.3 Å². The van der Waals surface area contributed by atoms with E-state index in [9.17, 15) is 14.9 Å². The Morgan fingerprint density at radius 2 is 1.97 bits per heavy atom. The van der Waals surface area contributed by atoms with Crippen molar-refractivity contribution < 1.29 is 14.5 Å². The van der Waals surface area contributed by atoms with Crippen molar-refractivity contribution >= 4 is 11.6 Å². The number of methoxy groups -OCH3 is 1. The van der Waals surface area contributed by atoms with E-state index in [0.717, 1.165) is 12.0 Å². The first-order valence-electron chi connectivity index (χ1n) is 9.23. The van der Waals surface area contributed by atoms with E-state index in [1.54, 1.807) is 37.4 Å². The molecule has 0 aliphatic heterocycles. The molecule has 1 heterocycles. The number of nitrogens with zero attached hydrogens (tertiary/aromatic N) is 3. The summed E-state index contributed by atoms with van der Waals surface area (Å²) in [5.74, 6) is 0.416. The molecule has 29 heavy (non-hydrogen) atoms. The van der Waals surface area contributed by atoms with Crippen LogP contribution >= 0.6 is 0 Å². The lowest BCUT2D eigenvalue weighted by molar-refractivity contribution is -0.384. The van der Waals surface area contributed by atoms with Crippen LogP contribution in [0.15, 0.2) is 54.6 Å². The summed E-state index contributed by atoms with van der Waals surface area (Å²) >= 11 is 0. The minimum atomic E-state index is -0.476. The second kappa shape index (κ2) is 8.55. The van der Waals surface area contributed by atoms with Crippen molar-refractivity contribution in [1.82, 2.24) is 15.1 Å². The van der Waals surface area contributed by atoms with Crippen LogP contribution in [0, 0.1) is 10.1 Å². The molecule has 150 valence electrons. The van der Waals surface area contributed by atoms with Gasteiger partial charge < -0.3 is 10.1 Å². The summed E-state index contributed by atoms with van der Waals surface area (Å²) in [4.78, 5) is 23.5. The molecule has 1 N–H and O–H groups in total. The van der Waals surface area contributed by atoms with Gasteiger partial charge in [0, 0.05) is 23.7 Å². The van der Waals surface area contributed by atoms with Gasteiger partial charge in [0.05, 0.1) is 23.4 Å². The van der Waals surface area contributed by atoms with Gasteiger partial charge in [-0.3, -0.25) is 14.9 Å². The molecule has 8 heteroatoms. The molecule has 0 radical (unpaired) electrons. The van der Waals surface area contributed by atoms with Crippen molar-refractivity contribution in [2.45, 2.75) is 26.3 Å². The van der Waals surface area contributed by atoms with Crippen LogP contribution in [0.4, 0.5) is 5.69 Å². The quantitative estimate of drug-likeness (QED) is 0.483. The molecular weight excluding hydrogens is 372 g/mol. The van der Waals surface area contributed by atoms with Gasteiger partial charge in [-0.2, -0.15) is 5.10 Å². The van der Waals surface area contributed by atoms with Crippen LogP contribution in [0.5, 0.6) is 5.75 Å². The number of carbonyl (C=O) groups is 1. The summed E-state index contributed by atoms with van der Waals surface area (Å²) in [6.45, 7) is 3.89. The van der Waals surface area contributed by atoms with Gasteiger partial charge in [0.25, 0.3) is 11.6 Å². The molecule has 3 aromatic rings. The highest BCUT2D eigenvalue weighted by atomic mass is 16.6. The Morgan fingerprint density at radius 3 is 2.59 bits per heavy atom. The number of hydrogen-bond acceptors (Lipinski definition) is 5. The zero-order valence-corrected chi connectivity index (χ0v) is 16.5. The van der Waals surface area contributed by atoms with Crippen LogP contribution in [0.1, 0.15) is 30.8 Å². The lowest BCUT2D eigenvalue weighted by atomic mass is 10.1. The number of ether oxygens (including phenoxy) is 1. The summed E-state index contributed by atoms with van der Waals surface area (Å²) in [7, 11) is 1.59. The minimum Gasteiger partial charge on any atom is -0.497 e. The Balaban J connectivity index is 2.09. The lowest BCUT2D eigenvalue weighted by Crippen LogP contribution is -2.33. The Hall–Kier alpha value is -3.68. The summed E-state index contributed by atoms with van der Waals surface area (Å²) < 4.78 is 6.61.